The van der Waals surface area contributed by atoms with E-state index < -0.39 is 14.8 Å². The van der Waals surface area contributed by atoms with Gasteiger partial charge in [-0.05, 0) is 33.6 Å². The van der Waals surface area contributed by atoms with Gasteiger partial charge in [0.2, 0.25) is 0 Å². The maximum absolute atomic E-state index is 11.5. The van der Waals surface area contributed by atoms with Gasteiger partial charge < -0.3 is 0 Å². The van der Waals surface area contributed by atoms with Gasteiger partial charge >= 0.3 is 0 Å². The Bertz CT molecular complexity index is 273. The minimum absolute atomic E-state index is 0.753. The first-order chi connectivity index (χ1) is 6.31. The van der Waals surface area contributed by atoms with Crippen molar-refractivity contribution in [3.05, 3.63) is 0 Å². The molecule has 0 aliphatic carbocycles. The van der Waals surface area contributed by atoms with Crippen LogP contribution in [-0.4, -0.2) is 19.4 Å². The summed E-state index contributed by atoms with van der Waals surface area (Å²) in [6, 6.07) is 0. The second kappa shape index (κ2) is 5.49. The van der Waals surface area contributed by atoms with E-state index >= 15 is 0 Å². The molecule has 0 atom stereocenters. The Hall–Kier alpha value is -0.380. The third kappa shape index (κ3) is 4.74. The molecule has 0 saturated carbocycles. The summed E-state index contributed by atoms with van der Waals surface area (Å²) in [4.78, 5) is 0. The first-order valence-electron chi connectivity index (χ1n) is 5.09. The number of unbranched alkanes of at least 4 members (excludes halogenated alkanes) is 3. The van der Waals surface area contributed by atoms with Crippen molar-refractivity contribution in [1.29, 1.82) is 0 Å². The minimum atomic E-state index is -3.32. The summed E-state index contributed by atoms with van der Waals surface area (Å²) in [7, 11) is -3.32. The van der Waals surface area contributed by atoms with E-state index in [0.29, 0.717) is 0 Å². The molecule has 3 nitrogen and oxygen atoms in total. The molecule has 0 spiro atoms. The monoisotopic (exact) mass is 219 g/mol. The van der Waals surface area contributed by atoms with Gasteiger partial charge in [0, 0.05) is 6.21 Å². The van der Waals surface area contributed by atoms with Gasteiger partial charge in [0.1, 0.15) is 0 Å². The van der Waals surface area contributed by atoms with Crippen molar-refractivity contribution in [2.24, 2.45) is 4.40 Å². The fourth-order valence-corrected chi connectivity index (χ4v) is 1.41. The molecule has 0 saturated heterocycles. The van der Waals surface area contributed by atoms with E-state index in [4.69, 9.17) is 0 Å². The highest BCUT2D eigenvalue weighted by Gasteiger charge is 2.27. The molecule has 0 aliphatic heterocycles. The maximum Gasteiger partial charge on any atom is 0.257 e. The van der Waals surface area contributed by atoms with Crippen LogP contribution in [0.2, 0.25) is 0 Å². The molecule has 0 bridgehead atoms. The average molecular weight is 219 g/mol. The van der Waals surface area contributed by atoms with Gasteiger partial charge in [0.15, 0.2) is 0 Å². The molecule has 84 valence electrons. The fraction of sp³-hybridized carbons (Fsp3) is 0.900. The van der Waals surface area contributed by atoms with Crippen LogP contribution in [0.15, 0.2) is 4.40 Å². The van der Waals surface area contributed by atoms with Crippen LogP contribution >= 0.6 is 0 Å². The highest BCUT2D eigenvalue weighted by atomic mass is 32.2. The van der Waals surface area contributed by atoms with Crippen molar-refractivity contribution in [3.63, 3.8) is 0 Å². The SMILES string of the molecule is CCCCC/C=N/S(=O)(=O)C(C)(C)C. The van der Waals surface area contributed by atoms with E-state index in [1.807, 2.05) is 0 Å². The summed E-state index contributed by atoms with van der Waals surface area (Å²) < 4.78 is 25.8. The Balaban J connectivity index is 4.12. The predicted octanol–water partition coefficient (Wildman–Crippen LogP) is 2.77. The Labute approximate surface area is 87.7 Å². The van der Waals surface area contributed by atoms with Crippen LogP contribution < -0.4 is 0 Å². The van der Waals surface area contributed by atoms with Crippen molar-refractivity contribution >= 4 is 16.2 Å². The molecule has 0 aromatic carbocycles. The zero-order chi connectivity index (χ0) is 11.2. The highest BCUT2D eigenvalue weighted by molar-refractivity contribution is 7.91. The van der Waals surface area contributed by atoms with Crippen LogP contribution in [0.3, 0.4) is 0 Å². The topological polar surface area (TPSA) is 46.5 Å². The van der Waals surface area contributed by atoms with Crippen LogP contribution in [0, 0.1) is 0 Å². The smallest absolute Gasteiger partial charge is 0.204 e. The molecule has 0 heterocycles. The normalized spacial score (nSPS) is 13.7. The minimum Gasteiger partial charge on any atom is -0.204 e. The third-order valence-corrected chi connectivity index (χ3v) is 3.90. The summed E-state index contributed by atoms with van der Waals surface area (Å²) in [6.07, 6.45) is 5.56. The van der Waals surface area contributed by atoms with E-state index in [2.05, 4.69) is 11.3 Å². The Morgan fingerprint density at radius 2 is 1.79 bits per heavy atom. The van der Waals surface area contributed by atoms with E-state index in [1.54, 1.807) is 20.8 Å². The van der Waals surface area contributed by atoms with Gasteiger partial charge in [-0.25, -0.2) is 8.42 Å². The van der Waals surface area contributed by atoms with Crippen LogP contribution in [0.25, 0.3) is 0 Å². The molecular weight excluding hydrogens is 198 g/mol. The first-order valence-corrected chi connectivity index (χ1v) is 6.53. The van der Waals surface area contributed by atoms with E-state index in [9.17, 15) is 8.42 Å². The van der Waals surface area contributed by atoms with Gasteiger partial charge in [-0.1, -0.05) is 19.8 Å². The molecule has 0 amide bonds. The fourth-order valence-electron chi connectivity index (χ4n) is 0.795. The number of hydrogen-bond donors (Lipinski definition) is 0. The number of sulfonamides is 1. The molecule has 0 aromatic heterocycles. The van der Waals surface area contributed by atoms with Crippen molar-refractivity contribution in [1.82, 2.24) is 0 Å². The van der Waals surface area contributed by atoms with Crippen LogP contribution in [0.4, 0.5) is 0 Å². The van der Waals surface area contributed by atoms with Gasteiger partial charge in [-0.2, -0.15) is 4.40 Å². The Kier molecular flexibility index (Phi) is 5.34. The molecule has 0 aliphatic rings. The van der Waals surface area contributed by atoms with E-state index in [-0.39, 0.29) is 0 Å². The summed E-state index contributed by atoms with van der Waals surface area (Å²) >= 11 is 0. The van der Waals surface area contributed by atoms with Crippen molar-refractivity contribution in [2.45, 2.75) is 58.1 Å². The second-order valence-electron chi connectivity index (χ2n) is 4.37. The summed E-state index contributed by atoms with van der Waals surface area (Å²) in [5.74, 6) is 0. The standard InChI is InChI=1S/C10H21NO2S/c1-5-6-7-8-9-11-14(12,13)10(2,3)4/h9H,5-8H2,1-4H3/b11-9+. The lowest BCUT2D eigenvalue weighted by atomic mass is 10.2. The molecule has 4 heteroatoms. The van der Waals surface area contributed by atoms with Crippen LogP contribution in [-0.2, 0) is 10.0 Å². The number of nitrogens with zero attached hydrogens (tertiary/aromatic N) is 1. The van der Waals surface area contributed by atoms with Crippen LogP contribution in [0.5, 0.6) is 0 Å². The predicted molar refractivity (Wildman–Crippen MR) is 61.3 cm³/mol. The molecule has 0 rings (SSSR count). The summed E-state index contributed by atoms with van der Waals surface area (Å²) in [5.41, 5.74) is 0. The van der Waals surface area contributed by atoms with Crippen molar-refractivity contribution in [2.75, 3.05) is 0 Å². The molecule has 0 fully saturated rings. The summed E-state index contributed by atoms with van der Waals surface area (Å²) in [6.45, 7) is 7.09. The molecule has 0 radical (unpaired) electrons. The third-order valence-electron chi connectivity index (χ3n) is 1.92. The van der Waals surface area contributed by atoms with Crippen molar-refractivity contribution < 1.29 is 8.42 Å². The van der Waals surface area contributed by atoms with E-state index in [1.165, 1.54) is 6.21 Å². The number of rotatable bonds is 5. The van der Waals surface area contributed by atoms with Gasteiger partial charge in [0.05, 0.1) is 4.75 Å². The second-order valence-corrected chi connectivity index (χ2v) is 6.76. The molecule has 0 aromatic rings. The molecule has 0 N–H and O–H groups in total. The van der Waals surface area contributed by atoms with Gasteiger partial charge in [-0.3, -0.25) is 0 Å². The number of hydrogen-bond acceptors (Lipinski definition) is 2. The molecule has 14 heavy (non-hydrogen) atoms. The lowest BCUT2D eigenvalue weighted by molar-refractivity contribution is 0.562. The maximum atomic E-state index is 11.5. The van der Waals surface area contributed by atoms with Crippen LogP contribution in [0.1, 0.15) is 53.4 Å². The zero-order valence-corrected chi connectivity index (χ0v) is 10.4. The molecule has 0 unspecified atom stereocenters. The lowest BCUT2D eigenvalue weighted by Gasteiger charge is -2.14. The zero-order valence-electron chi connectivity index (χ0n) is 9.58. The van der Waals surface area contributed by atoms with Gasteiger partial charge in [-0.15, -0.1) is 0 Å². The quantitative estimate of drug-likeness (QED) is 0.527. The average Bonchev–Trinajstić information content (AvgIpc) is 2.02. The first kappa shape index (κ1) is 13.6. The van der Waals surface area contributed by atoms with Crippen molar-refractivity contribution in [3.8, 4) is 0 Å². The molecular formula is C10H21NO2S. The van der Waals surface area contributed by atoms with E-state index in [0.717, 1.165) is 25.7 Å². The lowest BCUT2D eigenvalue weighted by Crippen LogP contribution is -2.25. The highest BCUT2D eigenvalue weighted by Crippen LogP contribution is 2.16. The Morgan fingerprint density at radius 1 is 1.21 bits per heavy atom. The largest absolute Gasteiger partial charge is 0.257 e. The van der Waals surface area contributed by atoms with Gasteiger partial charge in [0.25, 0.3) is 10.0 Å². The summed E-state index contributed by atoms with van der Waals surface area (Å²) in [5, 5.41) is 0. The Morgan fingerprint density at radius 3 is 2.21 bits per heavy atom.